The standard InChI is InChI=1S/C25H20N2O7S2/c1-3-34-24-20-14-6-4-5-7-15(14)23(28)21-17(10-11-18(22(20)21)27(2)25(24)29)26-16-9-8-13(35(30)31)12-19(16)36(32)33/h4-12,26,35-36H,3H2,1-2H3. The van der Waals surface area contributed by atoms with E-state index in [-0.39, 0.29) is 44.7 Å². The minimum atomic E-state index is -3.15. The molecule has 0 spiro atoms. The Bertz CT molecular complexity index is 1800. The first-order valence-corrected chi connectivity index (χ1v) is 13.3. The number of hydrogen-bond donors (Lipinski definition) is 3. The van der Waals surface area contributed by atoms with Gasteiger partial charge in [-0.15, -0.1) is 0 Å². The smallest absolute Gasteiger partial charge is 0.293 e. The maximum Gasteiger partial charge on any atom is 0.293 e. The van der Waals surface area contributed by atoms with Crippen LogP contribution >= 0.6 is 0 Å². The lowest BCUT2D eigenvalue weighted by molar-refractivity contribution is 0.104. The summed E-state index contributed by atoms with van der Waals surface area (Å²) in [7, 11) is -4.54. The van der Waals surface area contributed by atoms with Crippen molar-refractivity contribution >= 4 is 49.5 Å². The highest BCUT2D eigenvalue weighted by Crippen LogP contribution is 2.45. The SMILES string of the molecule is CCOc1c2c3c(c(Nc4ccc([SH](=O)=O)cc4[SH](=O)=O)ccc3n(C)c1=O)C(=O)c1ccccc1-2. The quantitative estimate of drug-likeness (QED) is 0.289. The minimum absolute atomic E-state index is 0.116. The molecule has 1 aromatic heterocycles. The van der Waals surface area contributed by atoms with Gasteiger partial charge in [0, 0.05) is 23.6 Å². The number of pyridine rings is 1. The number of aromatic nitrogens is 1. The third-order valence-electron chi connectivity index (χ3n) is 6.14. The van der Waals surface area contributed by atoms with E-state index >= 15 is 0 Å². The van der Waals surface area contributed by atoms with Crippen LogP contribution in [0, 0.1) is 0 Å². The Labute approximate surface area is 208 Å². The maximum absolute atomic E-state index is 13.8. The van der Waals surface area contributed by atoms with Crippen molar-refractivity contribution in [3.05, 3.63) is 76.1 Å². The number of benzene rings is 3. The first-order valence-electron chi connectivity index (χ1n) is 10.9. The molecule has 0 unspecified atom stereocenters. The van der Waals surface area contributed by atoms with E-state index in [0.29, 0.717) is 33.3 Å². The van der Waals surface area contributed by atoms with Crippen LogP contribution in [0.1, 0.15) is 22.8 Å². The molecule has 36 heavy (non-hydrogen) atoms. The third-order valence-corrected chi connectivity index (χ3v) is 7.60. The van der Waals surface area contributed by atoms with Gasteiger partial charge in [-0.2, -0.15) is 0 Å². The molecule has 184 valence electrons. The van der Waals surface area contributed by atoms with Crippen LogP contribution < -0.4 is 15.6 Å². The largest absolute Gasteiger partial charge is 0.488 e. The number of ether oxygens (including phenoxy) is 1. The summed E-state index contributed by atoms with van der Waals surface area (Å²) in [5.41, 5.74) is 2.29. The van der Waals surface area contributed by atoms with Crippen LogP contribution in [0.2, 0.25) is 0 Å². The zero-order chi connectivity index (χ0) is 25.7. The predicted octanol–water partition coefficient (Wildman–Crippen LogP) is 2.83. The molecule has 5 rings (SSSR count). The van der Waals surface area contributed by atoms with Crippen LogP contribution in [0.25, 0.3) is 22.0 Å². The van der Waals surface area contributed by atoms with Crippen molar-refractivity contribution in [2.45, 2.75) is 16.7 Å². The highest BCUT2D eigenvalue weighted by atomic mass is 32.2. The van der Waals surface area contributed by atoms with E-state index in [2.05, 4.69) is 5.32 Å². The number of thiol groups is 2. The predicted molar refractivity (Wildman–Crippen MR) is 136 cm³/mol. The Morgan fingerprint density at radius 2 is 1.56 bits per heavy atom. The summed E-state index contributed by atoms with van der Waals surface area (Å²) >= 11 is 0. The topological polar surface area (TPSA) is 129 Å². The number of carbonyl (C=O) groups is 1. The van der Waals surface area contributed by atoms with Crippen LogP contribution in [0.3, 0.4) is 0 Å². The molecular weight excluding hydrogens is 504 g/mol. The summed E-state index contributed by atoms with van der Waals surface area (Å²) in [5, 5.41) is 3.51. The average molecular weight is 525 g/mol. The summed E-state index contributed by atoms with van der Waals surface area (Å²) in [5.74, 6) is -0.183. The number of nitrogens with zero attached hydrogens (tertiary/aromatic N) is 1. The van der Waals surface area contributed by atoms with Gasteiger partial charge in [0.05, 0.1) is 38.9 Å². The van der Waals surface area contributed by atoms with Crippen molar-refractivity contribution in [1.29, 1.82) is 0 Å². The fraction of sp³-hybridized carbons (Fsp3) is 0.120. The van der Waals surface area contributed by atoms with Crippen LogP contribution in [-0.2, 0) is 28.5 Å². The zero-order valence-electron chi connectivity index (χ0n) is 19.1. The highest BCUT2D eigenvalue weighted by molar-refractivity contribution is 7.73. The van der Waals surface area contributed by atoms with Gasteiger partial charge in [-0.3, -0.25) is 9.59 Å². The summed E-state index contributed by atoms with van der Waals surface area (Å²) in [4.78, 5) is 26.6. The van der Waals surface area contributed by atoms with Crippen LogP contribution in [0.5, 0.6) is 5.75 Å². The fourth-order valence-corrected chi connectivity index (χ4v) is 5.66. The summed E-state index contributed by atoms with van der Waals surface area (Å²) in [6, 6.07) is 13.9. The Balaban J connectivity index is 1.85. The molecule has 0 radical (unpaired) electrons. The molecule has 0 atom stereocenters. The second kappa shape index (κ2) is 8.92. The number of fused-ring (bicyclic) bond motifs is 2. The molecule has 1 N–H and O–H groups in total. The highest BCUT2D eigenvalue weighted by Gasteiger charge is 2.32. The molecule has 0 fully saturated rings. The molecule has 9 nitrogen and oxygen atoms in total. The number of hydrogen-bond acceptors (Lipinski definition) is 8. The summed E-state index contributed by atoms with van der Waals surface area (Å²) in [6.07, 6.45) is 0. The first-order chi connectivity index (χ1) is 17.2. The van der Waals surface area contributed by atoms with Gasteiger partial charge < -0.3 is 14.6 Å². The number of nitrogens with one attached hydrogen (secondary N) is 1. The number of carbonyl (C=O) groups excluding carboxylic acids is 1. The molecule has 0 bridgehead atoms. The lowest BCUT2D eigenvalue weighted by Crippen LogP contribution is -2.24. The molecule has 4 aromatic rings. The Hall–Kier alpha value is -3.96. The first kappa shape index (κ1) is 23.8. The van der Waals surface area contributed by atoms with Gasteiger partial charge in [0.2, 0.25) is 0 Å². The van der Waals surface area contributed by atoms with Crippen molar-refractivity contribution in [3.8, 4) is 16.9 Å². The van der Waals surface area contributed by atoms with Crippen molar-refractivity contribution in [1.82, 2.24) is 4.57 Å². The lowest BCUT2D eigenvalue weighted by atomic mass is 9.82. The third kappa shape index (κ3) is 3.59. The second-order valence-corrected chi connectivity index (χ2v) is 10.1. The van der Waals surface area contributed by atoms with Crippen LogP contribution in [0.15, 0.2) is 69.2 Å². The molecule has 1 aliphatic rings. The van der Waals surface area contributed by atoms with E-state index in [0.717, 1.165) is 6.07 Å². The average Bonchev–Trinajstić information content (AvgIpc) is 2.86. The zero-order valence-corrected chi connectivity index (χ0v) is 20.9. The van der Waals surface area contributed by atoms with Crippen molar-refractivity contribution < 1.29 is 26.4 Å². The van der Waals surface area contributed by atoms with E-state index in [9.17, 15) is 26.4 Å². The molecular formula is C25H20N2O7S2. The van der Waals surface area contributed by atoms with Gasteiger partial charge in [0.1, 0.15) is 0 Å². The van der Waals surface area contributed by atoms with Gasteiger partial charge in [-0.05, 0) is 42.8 Å². The fourth-order valence-electron chi connectivity index (χ4n) is 4.55. The normalized spacial score (nSPS) is 12.3. The molecule has 0 saturated carbocycles. The Morgan fingerprint density at radius 1 is 0.861 bits per heavy atom. The second-order valence-electron chi connectivity index (χ2n) is 8.10. The lowest BCUT2D eigenvalue weighted by Gasteiger charge is -2.25. The molecule has 0 aliphatic heterocycles. The molecule has 0 amide bonds. The summed E-state index contributed by atoms with van der Waals surface area (Å²) < 4.78 is 53.8. The van der Waals surface area contributed by atoms with Gasteiger partial charge in [0.25, 0.3) is 5.56 Å². The van der Waals surface area contributed by atoms with E-state index in [1.807, 2.05) is 0 Å². The van der Waals surface area contributed by atoms with Gasteiger partial charge in [0.15, 0.2) is 32.9 Å². The van der Waals surface area contributed by atoms with Crippen molar-refractivity contribution in [2.24, 2.45) is 7.05 Å². The number of rotatable bonds is 6. The van der Waals surface area contributed by atoms with Crippen LogP contribution in [-0.4, -0.2) is 33.8 Å². The number of aryl methyl sites for hydroxylation is 1. The molecule has 3 aromatic carbocycles. The molecule has 0 saturated heterocycles. The minimum Gasteiger partial charge on any atom is -0.488 e. The van der Waals surface area contributed by atoms with E-state index in [1.165, 1.54) is 16.7 Å². The summed E-state index contributed by atoms with van der Waals surface area (Å²) in [6.45, 7) is 2.01. The Morgan fingerprint density at radius 3 is 2.22 bits per heavy atom. The van der Waals surface area contributed by atoms with Crippen molar-refractivity contribution in [3.63, 3.8) is 0 Å². The number of ketones is 1. The van der Waals surface area contributed by atoms with Crippen molar-refractivity contribution in [2.75, 3.05) is 11.9 Å². The number of anilines is 2. The van der Waals surface area contributed by atoms with Crippen LogP contribution in [0.4, 0.5) is 11.4 Å². The van der Waals surface area contributed by atoms with Gasteiger partial charge in [-0.25, -0.2) is 16.8 Å². The molecule has 1 heterocycles. The molecule has 1 aliphatic carbocycles. The van der Waals surface area contributed by atoms with E-state index < -0.39 is 21.4 Å². The van der Waals surface area contributed by atoms with E-state index in [1.54, 1.807) is 50.4 Å². The monoisotopic (exact) mass is 524 g/mol. The van der Waals surface area contributed by atoms with E-state index in [4.69, 9.17) is 4.74 Å². The molecule has 11 heteroatoms. The maximum atomic E-state index is 13.8. The van der Waals surface area contributed by atoms with Gasteiger partial charge in [-0.1, -0.05) is 24.3 Å². The Kier molecular flexibility index (Phi) is 5.89. The van der Waals surface area contributed by atoms with Gasteiger partial charge >= 0.3 is 0 Å².